The van der Waals surface area contributed by atoms with Gasteiger partial charge in [-0.1, -0.05) is 23.5 Å². The number of nitrogens with zero attached hydrogens (tertiary/aromatic N) is 2. The number of hydrogen-bond donors (Lipinski definition) is 0. The summed E-state index contributed by atoms with van der Waals surface area (Å²) < 4.78 is 18.1. The van der Waals surface area contributed by atoms with Crippen molar-refractivity contribution in [2.45, 2.75) is 13.5 Å². The molecule has 0 fully saturated rings. The first-order chi connectivity index (χ1) is 13.5. The highest BCUT2D eigenvalue weighted by atomic mass is 32.1. The zero-order valence-electron chi connectivity index (χ0n) is 15.8. The van der Waals surface area contributed by atoms with Crippen molar-refractivity contribution in [1.29, 1.82) is 0 Å². The van der Waals surface area contributed by atoms with Crippen LogP contribution < -0.4 is 14.3 Å². The van der Waals surface area contributed by atoms with Crippen LogP contribution in [-0.2, 0) is 16.1 Å². The number of thiazole rings is 1. The van der Waals surface area contributed by atoms with Crippen LogP contribution in [0.25, 0.3) is 10.2 Å². The molecule has 0 saturated heterocycles. The Hall–Kier alpha value is -3.13. The molecule has 0 spiro atoms. The molecular formula is C20H20N2O5S. The van der Waals surface area contributed by atoms with Crippen molar-refractivity contribution in [3.8, 4) is 11.5 Å². The summed E-state index contributed by atoms with van der Waals surface area (Å²) >= 11 is 1.33. The Kier molecular flexibility index (Phi) is 6.10. The molecule has 0 aliphatic rings. The zero-order valence-corrected chi connectivity index (χ0v) is 16.6. The van der Waals surface area contributed by atoms with Crippen LogP contribution >= 0.6 is 11.3 Å². The molecular weight excluding hydrogens is 380 g/mol. The van der Waals surface area contributed by atoms with Gasteiger partial charge in [0.2, 0.25) is 0 Å². The molecule has 3 rings (SSSR count). The third-order valence-electron chi connectivity index (χ3n) is 3.98. The van der Waals surface area contributed by atoms with Gasteiger partial charge in [0.15, 0.2) is 4.80 Å². The number of methoxy groups -OCH3 is 2. The Balaban J connectivity index is 2.08. The third kappa shape index (κ3) is 4.23. The average molecular weight is 400 g/mol. The SMILES string of the molecule is CCOC(=O)Cn1c(=NC(=O)c2cc(OC)cc(OC)c2)sc2ccccc21. The van der Waals surface area contributed by atoms with Crippen molar-refractivity contribution in [3.63, 3.8) is 0 Å². The Bertz CT molecular complexity index is 1060. The fourth-order valence-corrected chi connectivity index (χ4v) is 3.70. The number of carbonyl (C=O) groups is 2. The molecule has 1 amide bonds. The Morgan fingerprint density at radius 1 is 1.07 bits per heavy atom. The van der Waals surface area contributed by atoms with Crippen molar-refractivity contribution in [1.82, 2.24) is 4.57 Å². The molecule has 28 heavy (non-hydrogen) atoms. The van der Waals surface area contributed by atoms with E-state index in [1.807, 2.05) is 24.3 Å². The number of hydrogen-bond acceptors (Lipinski definition) is 6. The highest BCUT2D eigenvalue weighted by Gasteiger charge is 2.14. The molecule has 0 aliphatic carbocycles. The molecule has 0 atom stereocenters. The standard InChI is InChI=1S/C20H20N2O5S/c1-4-27-18(23)12-22-16-7-5-6-8-17(16)28-20(22)21-19(24)13-9-14(25-2)11-15(10-13)26-3/h5-11H,4,12H2,1-3H3. The predicted molar refractivity (Wildman–Crippen MR) is 106 cm³/mol. The molecule has 7 nitrogen and oxygen atoms in total. The van der Waals surface area contributed by atoms with E-state index in [0.29, 0.717) is 21.9 Å². The number of para-hydroxylation sites is 1. The van der Waals surface area contributed by atoms with Crippen LogP contribution in [0.1, 0.15) is 17.3 Å². The van der Waals surface area contributed by atoms with Crippen LogP contribution in [0.2, 0.25) is 0 Å². The van der Waals surface area contributed by atoms with Crippen molar-refractivity contribution >= 4 is 33.4 Å². The van der Waals surface area contributed by atoms with Gasteiger partial charge in [-0.15, -0.1) is 0 Å². The van der Waals surface area contributed by atoms with Crippen molar-refractivity contribution in [2.75, 3.05) is 20.8 Å². The van der Waals surface area contributed by atoms with Crippen LogP contribution in [0.3, 0.4) is 0 Å². The fourth-order valence-electron chi connectivity index (χ4n) is 2.68. The van der Waals surface area contributed by atoms with Crippen LogP contribution in [0.4, 0.5) is 0 Å². The average Bonchev–Trinajstić information content (AvgIpc) is 3.04. The van der Waals surface area contributed by atoms with Crippen molar-refractivity contribution < 1.29 is 23.8 Å². The normalized spacial score (nSPS) is 11.5. The lowest BCUT2D eigenvalue weighted by atomic mass is 10.2. The van der Waals surface area contributed by atoms with E-state index < -0.39 is 5.91 Å². The van der Waals surface area contributed by atoms with Crippen LogP contribution in [0.15, 0.2) is 47.5 Å². The molecule has 0 radical (unpaired) electrons. The first-order valence-corrected chi connectivity index (χ1v) is 9.43. The summed E-state index contributed by atoms with van der Waals surface area (Å²) in [6, 6.07) is 12.4. The van der Waals surface area contributed by atoms with Gasteiger partial charge in [0.1, 0.15) is 18.0 Å². The van der Waals surface area contributed by atoms with Crippen molar-refractivity contribution in [2.24, 2.45) is 4.99 Å². The lowest BCUT2D eigenvalue weighted by molar-refractivity contribution is -0.143. The topological polar surface area (TPSA) is 79.1 Å². The van der Waals surface area contributed by atoms with Crippen molar-refractivity contribution in [3.05, 3.63) is 52.8 Å². The second kappa shape index (κ2) is 8.71. The van der Waals surface area contributed by atoms with Gasteiger partial charge in [-0.2, -0.15) is 4.99 Å². The summed E-state index contributed by atoms with van der Waals surface area (Å²) in [6.45, 7) is 2.02. The minimum Gasteiger partial charge on any atom is -0.497 e. The quantitative estimate of drug-likeness (QED) is 0.594. The van der Waals surface area contributed by atoms with Crippen LogP contribution in [0, 0.1) is 0 Å². The Morgan fingerprint density at radius 2 is 1.75 bits per heavy atom. The molecule has 0 bridgehead atoms. The molecule has 3 aromatic rings. The van der Waals surface area contributed by atoms with E-state index in [1.165, 1.54) is 25.6 Å². The first-order valence-electron chi connectivity index (χ1n) is 8.61. The van der Waals surface area contributed by atoms with Crippen LogP contribution in [0.5, 0.6) is 11.5 Å². The minimum absolute atomic E-state index is 0.0224. The van der Waals surface area contributed by atoms with Gasteiger partial charge in [0, 0.05) is 11.6 Å². The smallest absolute Gasteiger partial charge is 0.326 e. The number of benzene rings is 2. The summed E-state index contributed by atoms with van der Waals surface area (Å²) in [6.07, 6.45) is 0. The van der Waals surface area contributed by atoms with E-state index in [2.05, 4.69) is 4.99 Å². The fraction of sp³-hybridized carbons (Fsp3) is 0.250. The summed E-state index contributed by atoms with van der Waals surface area (Å²) in [5, 5.41) is 0. The summed E-state index contributed by atoms with van der Waals surface area (Å²) in [7, 11) is 3.03. The van der Waals surface area contributed by atoms with Gasteiger partial charge in [0.25, 0.3) is 5.91 Å². The first kappa shape index (κ1) is 19.6. The monoisotopic (exact) mass is 400 g/mol. The molecule has 0 N–H and O–H groups in total. The third-order valence-corrected chi connectivity index (χ3v) is 5.04. The summed E-state index contributed by atoms with van der Waals surface area (Å²) in [5.41, 5.74) is 1.15. The Morgan fingerprint density at radius 3 is 2.39 bits per heavy atom. The highest BCUT2D eigenvalue weighted by molar-refractivity contribution is 7.16. The summed E-state index contributed by atoms with van der Waals surface area (Å²) in [4.78, 5) is 29.5. The van der Waals surface area contributed by atoms with Crippen LogP contribution in [-0.4, -0.2) is 37.3 Å². The second-order valence-electron chi connectivity index (χ2n) is 5.76. The van der Waals surface area contributed by atoms with E-state index in [0.717, 1.165) is 10.2 Å². The zero-order chi connectivity index (χ0) is 20.1. The lowest BCUT2D eigenvalue weighted by Gasteiger charge is -2.06. The number of esters is 1. The van der Waals surface area contributed by atoms with Gasteiger partial charge in [-0.05, 0) is 31.2 Å². The minimum atomic E-state index is -0.457. The lowest BCUT2D eigenvalue weighted by Crippen LogP contribution is -2.23. The highest BCUT2D eigenvalue weighted by Crippen LogP contribution is 2.23. The van der Waals surface area contributed by atoms with Gasteiger partial charge in [0.05, 0.1) is 31.0 Å². The largest absolute Gasteiger partial charge is 0.497 e. The molecule has 1 heterocycles. The second-order valence-corrected chi connectivity index (χ2v) is 6.77. The van der Waals surface area contributed by atoms with E-state index in [4.69, 9.17) is 14.2 Å². The molecule has 2 aromatic carbocycles. The van der Waals surface area contributed by atoms with E-state index >= 15 is 0 Å². The van der Waals surface area contributed by atoms with E-state index in [-0.39, 0.29) is 19.1 Å². The number of rotatable bonds is 6. The molecule has 8 heteroatoms. The predicted octanol–water partition coefficient (Wildman–Crippen LogP) is 3.02. The maximum atomic E-state index is 12.8. The van der Waals surface area contributed by atoms with Gasteiger partial charge >= 0.3 is 5.97 Å². The van der Waals surface area contributed by atoms with E-state index in [9.17, 15) is 9.59 Å². The Labute approximate surface area is 165 Å². The number of aromatic nitrogens is 1. The molecule has 1 aromatic heterocycles. The van der Waals surface area contributed by atoms with Gasteiger partial charge < -0.3 is 18.8 Å². The summed E-state index contributed by atoms with van der Waals surface area (Å²) in [5.74, 6) is 0.145. The maximum absolute atomic E-state index is 12.8. The molecule has 0 saturated carbocycles. The number of fused-ring (bicyclic) bond motifs is 1. The van der Waals surface area contributed by atoms with Gasteiger partial charge in [-0.3, -0.25) is 9.59 Å². The van der Waals surface area contributed by atoms with Gasteiger partial charge in [-0.25, -0.2) is 0 Å². The molecule has 146 valence electrons. The number of amides is 1. The van der Waals surface area contributed by atoms with E-state index in [1.54, 1.807) is 29.7 Å². The molecule has 0 aliphatic heterocycles. The molecule has 0 unspecified atom stereocenters. The number of ether oxygens (including phenoxy) is 3. The number of carbonyl (C=O) groups excluding carboxylic acids is 2. The maximum Gasteiger partial charge on any atom is 0.326 e.